The largest absolute Gasteiger partial charge is 0.395 e. The molecule has 13 nitrogen and oxygen atoms in total. The number of carbonyl (C=O) groups is 5. The lowest BCUT2D eigenvalue weighted by atomic mass is 9.70. The Morgan fingerprint density at radius 3 is 2.11 bits per heavy atom. The van der Waals surface area contributed by atoms with Crippen molar-refractivity contribution in [2.45, 2.75) is 159 Å². The lowest BCUT2D eigenvalue weighted by Crippen LogP contribution is -2.65. The number of terminal acetylenes is 1. The molecular formula is C39H61N5O8S. The minimum Gasteiger partial charge on any atom is -0.395 e. The van der Waals surface area contributed by atoms with Gasteiger partial charge in [0.15, 0.2) is 9.84 Å². The van der Waals surface area contributed by atoms with Crippen LogP contribution in [0.15, 0.2) is 0 Å². The maximum Gasteiger partial charge on any atom is 0.315 e. The van der Waals surface area contributed by atoms with Crippen molar-refractivity contribution in [3.8, 4) is 12.3 Å². The Morgan fingerprint density at radius 1 is 0.943 bits per heavy atom. The fraction of sp³-hybridized carbons (Fsp3) is 0.821. The summed E-state index contributed by atoms with van der Waals surface area (Å²) in [5.41, 5.74) is -1.94. The molecule has 53 heavy (non-hydrogen) atoms. The topological polar surface area (TPSA) is 191 Å². The summed E-state index contributed by atoms with van der Waals surface area (Å²) in [6.45, 7) is 8.79. The van der Waals surface area contributed by atoms with E-state index in [9.17, 15) is 37.5 Å². The highest BCUT2D eigenvalue weighted by Crippen LogP contribution is 2.65. The number of ketones is 1. The summed E-state index contributed by atoms with van der Waals surface area (Å²) < 4.78 is 25.6. The van der Waals surface area contributed by atoms with Gasteiger partial charge in [-0.2, -0.15) is 0 Å². The highest BCUT2D eigenvalue weighted by molar-refractivity contribution is 7.92. The summed E-state index contributed by atoms with van der Waals surface area (Å²) in [5.74, 6) is -0.456. The highest BCUT2D eigenvalue weighted by Gasteiger charge is 2.70. The van der Waals surface area contributed by atoms with E-state index in [-0.39, 0.29) is 41.9 Å². The summed E-state index contributed by atoms with van der Waals surface area (Å²) in [5, 5.41) is 21.4. The number of likely N-dealkylation sites (tertiary alicyclic amines) is 1. The molecule has 1 heterocycles. The van der Waals surface area contributed by atoms with Crippen LogP contribution >= 0.6 is 0 Å². The van der Waals surface area contributed by atoms with Crippen molar-refractivity contribution < 1.29 is 37.5 Å². The Labute approximate surface area is 315 Å². The molecule has 4 aliphatic carbocycles. The van der Waals surface area contributed by atoms with Gasteiger partial charge in [-0.05, 0) is 81.5 Å². The van der Waals surface area contributed by atoms with Gasteiger partial charge in [-0.3, -0.25) is 19.2 Å². The lowest BCUT2D eigenvalue weighted by Gasteiger charge is -2.44. The third-order valence-corrected chi connectivity index (χ3v) is 15.9. The maximum absolute atomic E-state index is 14.9. The number of hydrogen-bond acceptors (Lipinski definition) is 8. The monoisotopic (exact) mass is 759 g/mol. The third kappa shape index (κ3) is 8.71. The fourth-order valence-electron chi connectivity index (χ4n) is 9.16. The van der Waals surface area contributed by atoms with Gasteiger partial charge >= 0.3 is 6.03 Å². The second-order valence-corrected chi connectivity index (χ2v) is 20.7. The Kier molecular flexibility index (Phi) is 12.0. The van der Waals surface area contributed by atoms with E-state index in [1.165, 1.54) is 13.8 Å². The highest BCUT2D eigenvalue weighted by atomic mass is 32.2. The Morgan fingerprint density at radius 2 is 1.55 bits per heavy atom. The number of carbonyl (C=O) groups excluding carboxylic acids is 5. The number of aliphatic hydroxyl groups is 1. The molecule has 1 aliphatic heterocycles. The van der Waals surface area contributed by atoms with Crippen LogP contribution in [0.1, 0.15) is 125 Å². The standard InChI is InChI=1S/C39H61N5O8S/c1-7-8-15-27(30(46)33(48)40-25-16-17-25)41-32(47)29-28-26(37(28,4)5)22-44(29)34(49)31(38(6)18-11-9-12-19-38)42-35(50)43-39(20-13-10-14-21-39)24-53(51,52)36(2,3)23-45/h1,25-29,31,45H,8-24H2,2-6H3,(H,40,48)(H,41,47)(H2,42,43,50)/t26-,27?,28-,29-,31+/m0/s1. The second-order valence-electron chi connectivity index (χ2n) is 18.1. The number of sulfone groups is 1. The van der Waals surface area contributed by atoms with Crippen molar-refractivity contribution in [2.24, 2.45) is 22.7 Å². The fourth-order valence-corrected chi connectivity index (χ4v) is 10.8. The van der Waals surface area contributed by atoms with E-state index in [2.05, 4.69) is 41.0 Å². The number of Topliss-reactive ketones (excluding diaryl/α,β-unsaturated/α-hetero) is 1. The predicted molar refractivity (Wildman–Crippen MR) is 200 cm³/mol. The van der Waals surface area contributed by atoms with Crippen LogP contribution in [0.2, 0.25) is 0 Å². The number of nitrogens with zero attached hydrogens (tertiary/aromatic N) is 1. The molecule has 0 radical (unpaired) electrons. The van der Waals surface area contributed by atoms with Gasteiger partial charge in [-0.1, -0.05) is 59.3 Å². The van der Waals surface area contributed by atoms with E-state index in [4.69, 9.17) is 6.42 Å². The summed E-state index contributed by atoms with van der Waals surface area (Å²) >= 11 is 0. The number of rotatable bonds is 15. The minimum absolute atomic E-state index is 0.0273. The molecule has 0 aromatic rings. The zero-order valence-corrected chi connectivity index (χ0v) is 33.0. The van der Waals surface area contributed by atoms with Crippen molar-refractivity contribution in [3.63, 3.8) is 0 Å². The molecule has 5 amide bonds. The molecule has 1 saturated heterocycles. The first-order valence-electron chi connectivity index (χ1n) is 19.6. The Bertz CT molecular complexity index is 1590. The first kappa shape index (κ1) is 41.0. The van der Waals surface area contributed by atoms with Crippen LogP contribution in [0.3, 0.4) is 0 Å². The number of amides is 5. The van der Waals surface area contributed by atoms with E-state index in [1.807, 2.05) is 6.92 Å². The molecule has 0 aromatic carbocycles. The first-order chi connectivity index (χ1) is 24.8. The van der Waals surface area contributed by atoms with Gasteiger partial charge < -0.3 is 31.3 Å². The molecule has 5 rings (SSSR count). The number of nitrogens with one attached hydrogen (secondary N) is 4. The van der Waals surface area contributed by atoms with E-state index in [0.29, 0.717) is 32.2 Å². The zero-order chi connectivity index (χ0) is 39.0. The van der Waals surface area contributed by atoms with E-state index in [0.717, 1.165) is 51.4 Å². The van der Waals surface area contributed by atoms with E-state index in [1.54, 1.807) is 4.90 Å². The molecule has 5 aliphatic rings. The molecule has 0 aromatic heterocycles. The molecule has 0 spiro atoms. The summed E-state index contributed by atoms with van der Waals surface area (Å²) in [7, 11) is -3.84. The average Bonchev–Trinajstić information content (AvgIpc) is 3.95. The summed E-state index contributed by atoms with van der Waals surface area (Å²) in [6, 6.07) is -3.76. The number of hydrogen-bond donors (Lipinski definition) is 5. The number of urea groups is 1. The molecular weight excluding hydrogens is 699 g/mol. The lowest BCUT2D eigenvalue weighted by molar-refractivity contribution is -0.146. The SMILES string of the molecule is C#CCCC(NC(=O)[C@@H]1[C@@H]2[C@H](CN1C(=O)[C@@H](NC(=O)NC1(CS(=O)(=O)C(C)(C)CO)CCCCC1)C1(C)CCCCC1)C2(C)C)C(=O)C(=O)NC1CC1. The average molecular weight is 760 g/mol. The van der Waals surface area contributed by atoms with Gasteiger partial charge in [0.2, 0.25) is 17.6 Å². The first-order valence-corrected chi connectivity index (χ1v) is 21.3. The van der Waals surface area contributed by atoms with Crippen LogP contribution < -0.4 is 21.3 Å². The molecule has 5 atom stereocenters. The van der Waals surface area contributed by atoms with Gasteiger partial charge in [-0.25, -0.2) is 13.2 Å². The molecule has 5 N–H and O–H groups in total. The molecule has 4 saturated carbocycles. The van der Waals surface area contributed by atoms with Crippen molar-refractivity contribution >= 4 is 39.4 Å². The second kappa shape index (κ2) is 15.5. The van der Waals surface area contributed by atoms with Gasteiger partial charge in [0.25, 0.3) is 5.91 Å². The summed E-state index contributed by atoms with van der Waals surface area (Å²) in [4.78, 5) is 70.8. The van der Waals surface area contributed by atoms with Gasteiger partial charge in [0.05, 0.1) is 28.7 Å². The van der Waals surface area contributed by atoms with Gasteiger partial charge in [0.1, 0.15) is 12.1 Å². The molecule has 14 heteroatoms. The van der Waals surface area contributed by atoms with Crippen molar-refractivity contribution in [2.75, 3.05) is 18.9 Å². The summed E-state index contributed by atoms with van der Waals surface area (Å²) in [6.07, 6.45) is 14.7. The Hall–Kier alpha value is -3.18. The number of piperidine rings is 1. The number of aliphatic hydroxyl groups excluding tert-OH is 1. The molecule has 1 unspecified atom stereocenters. The van der Waals surface area contributed by atoms with Crippen LogP contribution in [0.4, 0.5) is 4.79 Å². The van der Waals surface area contributed by atoms with Gasteiger partial charge in [-0.15, -0.1) is 12.3 Å². The van der Waals surface area contributed by atoms with Crippen LogP contribution in [0.5, 0.6) is 0 Å². The van der Waals surface area contributed by atoms with E-state index < -0.39 is 79.8 Å². The normalized spacial score (nSPS) is 26.9. The Balaban J connectivity index is 1.40. The molecule has 5 fully saturated rings. The molecule has 0 bridgehead atoms. The van der Waals surface area contributed by atoms with Crippen LogP contribution in [-0.4, -0.2) is 101 Å². The predicted octanol–water partition coefficient (Wildman–Crippen LogP) is 2.74. The number of fused-ring (bicyclic) bond motifs is 1. The third-order valence-electron chi connectivity index (χ3n) is 13.2. The van der Waals surface area contributed by atoms with Crippen molar-refractivity contribution in [3.05, 3.63) is 0 Å². The van der Waals surface area contributed by atoms with Crippen LogP contribution in [0.25, 0.3) is 0 Å². The van der Waals surface area contributed by atoms with Crippen molar-refractivity contribution in [1.82, 2.24) is 26.2 Å². The van der Waals surface area contributed by atoms with Crippen molar-refractivity contribution in [1.29, 1.82) is 0 Å². The molecule has 296 valence electrons. The van der Waals surface area contributed by atoms with E-state index >= 15 is 0 Å². The smallest absolute Gasteiger partial charge is 0.315 e. The maximum atomic E-state index is 14.9. The quantitative estimate of drug-likeness (QED) is 0.124. The van der Waals surface area contributed by atoms with Crippen LogP contribution in [-0.2, 0) is 29.0 Å². The minimum atomic E-state index is -3.84. The zero-order valence-electron chi connectivity index (χ0n) is 32.2. The van der Waals surface area contributed by atoms with Gasteiger partial charge in [0, 0.05) is 19.0 Å². The van der Waals surface area contributed by atoms with Crippen LogP contribution in [0, 0.1) is 35.0 Å².